The number of halogens is 3. The third kappa shape index (κ3) is 5.09. The van der Waals surface area contributed by atoms with E-state index < -0.39 is 31.4 Å². The van der Waals surface area contributed by atoms with Crippen molar-refractivity contribution < 1.29 is 34.2 Å². The number of sulfonamides is 1. The second kappa shape index (κ2) is 4.13. The summed E-state index contributed by atoms with van der Waals surface area (Å²) >= 11 is 0. The van der Waals surface area contributed by atoms with Crippen LogP contribution in [0.2, 0.25) is 0 Å². The lowest BCUT2D eigenvalue weighted by atomic mass is 10.2. The Kier molecular flexibility index (Phi) is 4.03. The molecule has 0 N–H and O–H groups in total. The van der Waals surface area contributed by atoms with Crippen LogP contribution in [-0.4, -0.2) is 27.9 Å². The molecule has 0 saturated heterocycles. The van der Waals surface area contributed by atoms with E-state index in [4.69, 9.17) is 0 Å². The van der Waals surface area contributed by atoms with E-state index in [2.05, 4.69) is 4.18 Å². The third-order valence-corrected chi connectivity index (χ3v) is 3.65. The summed E-state index contributed by atoms with van der Waals surface area (Å²) in [6.07, 6.45) is 0. The normalized spacial score (nSPS) is 15.1. The zero-order chi connectivity index (χ0) is 13.4. The Morgan fingerprint density at radius 3 is 1.62 bits per heavy atom. The Morgan fingerprint density at radius 1 is 1.00 bits per heavy atom. The smallest absolute Gasteiger partial charge is 0.404 e. The van der Waals surface area contributed by atoms with Gasteiger partial charge in [0.15, 0.2) is 10.0 Å². The van der Waals surface area contributed by atoms with E-state index in [0.717, 1.165) is 0 Å². The second-order valence-electron chi connectivity index (χ2n) is 3.62. The van der Waals surface area contributed by atoms with Crippen LogP contribution in [0, 0.1) is 0 Å². The van der Waals surface area contributed by atoms with Gasteiger partial charge in [0.05, 0.1) is 5.60 Å². The predicted octanol–water partition coefficient (Wildman–Crippen LogP) is 1.27. The van der Waals surface area contributed by atoms with Crippen LogP contribution in [0.5, 0.6) is 0 Å². The average molecular weight is 284 g/mol. The van der Waals surface area contributed by atoms with E-state index in [9.17, 15) is 30.0 Å². The highest BCUT2D eigenvalue weighted by molar-refractivity contribution is 8.10. The number of rotatable bonds is 3. The SMILES string of the molecule is CC(C)(C)OS(=O)(=O)[N-]S(=O)(=O)C(F)(F)F. The summed E-state index contributed by atoms with van der Waals surface area (Å²) in [5.74, 6) is 0. The molecule has 0 aromatic heterocycles. The molecular weight excluding hydrogens is 275 g/mol. The lowest BCUT2D eigenvalue weighted by Crippen LogP contribution is -2.29. The second-order valence-corrected chi connectivity index (χ2v) is 6.65. The highest BCUT2D eigenvalue weighted by atomic mass is 32.3. The topological polar surface area (TPSA) is 91.6 Å². The lowest BCUT2D eigenvalue weighted by Gasteiger charge is -2.27. The molecule has 6 nitrogen and oxygen atoms in total. The van der Waals surface area contributed by atoms with Crippen LogP contribution >= 0.6 is 0 Å². The van der Waals surface area contributed by atoms with Crippen LogP contribution in [0.15, 0.2) is 0 Å². The van der Waals surface area contributed by atoms with Crippen molar-refractivity contribution in [2.75, 3.05) is 0 Å². The fourth-order valence-electron chi connectivity index (χ4n) is 0.494. The predicted molar refractivity (Wildman–Crippen MR) is 48.1 cm³/mol. The summed E-state index contributed by atoms with van der Waals surface area (Å²) < 4.78 is 83.6. The van der Waals surface area contributed by atoms with Gasteiger partial charge in [-0.05, 0) is 20.8 Å². The fraction of sp³-hybridized carbons (Fsp3) is 1.00. The molecule has 11 heteroatoms. The maximum Gasteiger partial charge on any atom is 0.480 e. The molecule has 0 aliphatic heterocycles. The van der Waals surface area contributed by atoms with Crippen LogP contribution in [0.25, 0.3) is 4.13 Å². The summed E-state index contributed by atoms with van der Waals surface area (Å²) in [6.45, 7) is 3.63. The molecule has 0 atom stereocenters. The molecule has 98 valence electrons. The summed E-state index contributed by atoms with van der Waals surface area (Å²) in [4.78, 5) is 0. The van der Waals surface area contributed by atoms with Gasteiger partial charge in [-0.1, -0.05) is 0 Å². The Bertz CT molecular complexity index is 443. The molecule has 0 aliphatic rings. The number of hydrogen-bond donors (Lipinski definition) is 0. The Morgan fingerprint density at radius 2 is 1.38 bits per heavy atom. The van der Waals surface area contributed by atoms with E-state index in [1.165, 1.54) is 20.8 Å². The van der Waals surface area contributed by atoms with Crippen LogP contribution in [0.3, 0.4) is 0 Å². The van der Waals surface area contributed by atoms with Crippen molar-refractivity contribution in [1.82, 2.24) is 0 Å². The summed E-state index contributed by atoms with van der Waals surface area (Å²) in [5, 5.41) is 0. The Hall–Kier alpha value is -0.390. The molecular formula is C5H9F3NO5S2-. The van der Waals surface area contributed by atoms with Gasteiger partial charge in [0.1, 0.15) is 0 Å². The molecule has 0 aromatic rings. The standard InChI is InChI=1S/C5H9F3NO5S2/c1-4(2,3)14-16(12,13)9-15(10,11)5(6,7)8/h1-3H3/q-1. The van der Waals surface area contributed by atoms with Gasteiger partial charge in [0, 0.05) is 0 Å². The van der Waals surface area contributed by atoms with Gasteiger partial charge in [-0.25, -0.2) is 16.8 Å². The van der Waals surface area contributed by atoms with Crippen LogP contribution in [0.4, 0.5) is 13.2 Å². The summed E-state index contributed by atoms with van der Waals surface area (Å²) in [6, 6.07) is 0. The number of hydrogen-bond acceptors (Lipinski definition) is 5. The molecule has 0 rings (SSSR count). The quantitative estimate of drug-likeness (QED) is 0.778. The van der Waals surface area contributed by atoms with Crippen molar-refractivity contribution >= 4 is 20.3 Å². The zero-order valence-electron chi connectivity index (χ0n) is 8.44. The first-order valence-corrected chi connectivity index (χ1v) is 6.48. The van der Waals surface area contributed by atoms with Crippen molar-refractivity contribution in [3.05, 3.63) is 4.13 Å². The minimum absolute atomic E-state index is 1.21. The summed E-state index contributed by atoms with van der Waals surface area (Å²) in [5.41, 5.74) is -7.16. The molecule has 0 saturated carbocycles. The van der Waals surface area contributed by atoms with E-state index in [0.29, 0.717) is 0 Å². The lowest BCUT2D eigenvalue weighted by molar-refractivity contribution is -0.0425. The van der Waals surface area contributed by atoms with Crippen LogP contribution in [0.1, 0.15) is 20.8 Å². The van der Waals surface area contributed by atoms with Gasteiger partial charge in [0.2, 0.25) is 10.3 Å². The fourth-order valence-corrected chi connectivity index (χ4v) is 2.55. The minimum atomic E-state index is -6.12. The van der Waals surface area contributed by atoms with Gasteiger partial charge in [0.25, 0.3) is 0 Å². The first-order valence-electron chi connectivity index (χ1n) is 3.67. The first kappa shape index (κ1) is 15.6. The van der Waals surface area contributed by atoms with Gasteiger partial charge in [-0.15, -0.1) is 0 Å². The van der Waals surface area contributed by atoms with Crippen molar-refractivity contribution in [1.29, 1.82) is 0 Å². The van der Waals surface area contributed by atoms with Gasteiger partial charge < -0.3 is 4.13 Å². The van der Waals surface area contributed by atoms with Gasteiger partial charge in [-0.2, -0.15) is 13.2 Å². The average Bonchev–Trinajstić information content (AvgIpc) is 1.72. The molecule has 16 heavy (non-hydrogen) atoms. The third-order valence-electron chi connectivity index (χ3n) is 0.837. The van der Waals surface area contributed by atoms with Gasteiger partial charge in [-0.3, -0.25) is 4.18 Å². The van der Waals surface area contributed by atoms with E-state index in [1.807, 2.05) is 0 Å². The van der Waals surface area contributed by atoms with Crippen molar-refractivity contribution in [3.63, 3.8) is 0 Å². The molecule has 0 fully saturated rings. The van der Waals surface area contributed by atoms with Crippen LogP contribution in [-0.2, 0) is 24.5 Å². The highest BCUT2D eigenvalue weighted by Crippen LogP contribution is 2.31. The number of nitrogens with zero attached hydrogens (tertiary/aromatic N) is 1. The molecule has 0 aromatic carbocycles. The zero-order valence-corrected chi connectivity index (χ0v) is 10.1. The maximum absolute atomic E-state index is 11.8. The Balaban J connectivity index is 5.03. The molecule has 0 radical (unpaired) electrons. The molecule has 0 aliphatic carbocycles. The molecule has 0 spiro atoms. The van der Waals surface area contributed by atoms with Crippen molar-refractivity contribution in [3.8, 4) is 0 Å². The molecule has 0 amide bonds. The largest absolute Gasteiger partial charge is 0.480 e. The highest BCUT2D eigenvalue weighted by Gasteiger charge is 2.41. The van der Waals surface area contributed by atoms with Crippen molar-refractivity contribution in [2.24, 2.45) is 0 Å². The van der Waals surface area contributed by atoms with Crippen molar-refractivity contribution in [2.45, 2.75) is 31.9 Å². The minimum Gasteiger partial charge on any atom is -0.404 e. The molecule has 0 heterocycles. The molecule has 0 bridgehead atoms. The summed E-state index contributed by atoms with van der Waals surface area (Å²) in [7, 11) is -11.3. The van der Waals surface area contributed by atoms with E-state index in [-0.39, 0.29) is 0 Å². The monoisotopic (exact) mass is 284 g/mol. The molecule has 0 unspecified atom stereocenters. The van der Waals surface area contributed by atoms with E-state index in [1.54, 1.807) is 4.13 Å². The van der Waals surface area contributed by atoms with Gasteiger partial charge >= 0.3 is 5.51 Å². The Labute approximate surface area is 91.1 Å². The number of alkyl halides is 3. The maximum atomic E-state index is 11.8. The first-order chi connectivity index (χ1) is 6.66. The van der Waals surface area contributed by atoms with Crippen LogP contribution < -0.4 is 0 Å². The van der Waals surface area contributed by atoms with E-state index >= 15 is 0 Å².